The Morgan fingerprint density at radius 2 is 1.74 bits per heavy atom. The molecule has 1 atom stereocenters. The number of ether oxygens (including phenoxy) is 1. The van der Waals surface area contributed by atoms with Crippen LogP contribution >= 0.6 is 0 Å². The average molecular weight is 455 g/mol. The van der Waals surface area contributed by atoms with Crippen molar-refractivity contribution in [3.05, 3.63) is 95.7 Å². The summed E-state index contributed by atoms with van der Waals surface area (Å²) in [6.45, 7) is 5.06. The molecule has 0 aliphatic rings. The van der Waals surface area contributed by atoms with Crippen LogP contribution in [0.15, 0.2) is 79.0 Å². The number of unbranched alkanes of at least 4 members (excludes halogenated alkanes) is 2. The molecule has 1 aromatic heterocycles. The Labute approximate surface area is 202 Å². The third-order valence-corrected chi connectivity index (χ3v) is 6.32. The molecule has 4 heteroatoms. The fourth-order valence-electron chi connectivity index (χ4n) is 4.51. The van der Waals surface area contributed by atoms with Crippen molar-refractivity contribution >= 4 is 16.8 Å². The number of carbonyl (C=O) groups is 1. The number of fused-ring (bicyclic) bond motifs is 1. The van der Waals surface area contributed by atoms with Gasteiger partial charge in [-0.05, 0) is 53.8 Å². The lowest BCUT2D eigenvalue weighted by Crippen LogP contribution is -2.26. The van der Waals surface area contributed by atoms with Gasteiger partial charge in [-0.25, -0.2) is 0 Å². The van der Waals surface area contributed by atoms with Crippen LogP contribution in [0.5, 0.6) is 11.5 Å². The average Bonchev–Trinajstić information content (AvgIpc) is 3.30. The Balaban J connectivity index is 1.66. The van der Waals surface area contributed by atoms with Crippen molar-refractivity contribution in [3.63, 3.8) is 0 Å². The van der Waals surface area contributed by atoms with Gasteiger partial charge in [0.2, 0.25) is 5.91 Å². The van der Waals surface area contributed by atoms with Crippen LogP contribution < -0.4 is 10.1 Å². The van der Waals surface area contributed by atoms with Crippen LogP contribution in [0.4, 0.5) is 0 Å². The molecule has 1 amide bonds. The van der Waals surface area contributed by atoms with Crippen molar-refractivity contribution in [2.45, 2.75) is 51.9 Å². The maximum Gasteiger partial charge on any atom is 0.220 e. The number of benzene rings is 3. The summed E-state index contributed by atoms with van der Waals surface area (Å²) in [4.78, 5) is 16.5. The molecule has 0 spiro atoms. The van der Waals surface area contributed by atoms with Crippen LogP contribution in [-0.4, -0.2) is 17.4 Å². The Hall–Kier alpha value is -3.53. The molecular formula is C30H34N2O2. The number of rotatable bonds is 11. The molecule has 1 unspecified atom stereocenters. The van der Waals surface area contributed by atoms with Crippen LogP contribution in [0, 0.1) is 0 Å². The van der Waals surface area contributed by atoms with E-state index in [4.69, 9.17) is 4.74 Å². The van der Waals surface area contributed by atoms with Crippen molar-refractivity contribution in [2.75, 3.05) is 6.54 Å². The second kappa shape index (κ2) is 11.6. The first-order valence-electron chi connectivity index (χ1n) is 12.4. The first-order chi connectivity index (χ1) is 16.7. The summed E-state index contributed by atoms with van der Waals surface area (Å²) in [7, 11) is 0. The predicted octanol–water partition coefficient (Wildman–Crippen LogP) is 7.35. The van der Waals surface area contributed by atoms with E-state index >= 15 is 0 Å². The largest absolute Gasteiger partial charge is 0.457 e. The molecule has 0 saturated carbocycles. The second-order valence-electron chi connectivity index (χ2n) is 8.74. The fraction of sp³-hybridized carbons (Fsp3) is 0.300. The summed E-state index contributed by atoms with van der Waals surface area (Å²) in [6, 6.07) is 24.3. The molecule has 0 saturated heterocycles. The van der Waals surface area contributed by atoms with Crippen LogP contribution in [0.25, 0.3) is 10.9 Å². The number of carbonyl (C=O) groups excluding carboxylic acids is 1. The van der Waals surface area contributed by atoms with Gasteiger partial charge in [0, 0.05) is 36.0 Å². The van der Waals surface area contributed by atoms with E-state index < -0.39 is 0 Å². The number of amides is 1. The summed E-state index contributed by atoms with van der Waals surface area (Å²) < 4.78 is 6.10. The van der Waals surface area contributed by atoms with Crippen LogP contribution in [-0.2, 0) is 11.2 Å². The molecule has 4 nitrogen and oxygen atoms in total. The van der Waals surface area contributed by atoms with Crippen molar-refractivity contribution in [1.29, 1.82) is 0 Å². The smallest absolute Gasteiger partial charge is 0.220 e. The summed E-state index contributed by atoms with van der Waals surface area (Å²) in [5, 5.41) is 4.30. The molecule has 1 heterocycles. The number of hydrogen-bond acceptors (Lipinski definition) is 2. The summed E-state index contributed by atoms with van der Waals surface area (Å²) in [5.74, 6) is 1.57. The normalized spacial score (nSPS) is 11.9. The minimum atomic E-state index is -0.0774. The van der Waals surface area contributed by atoms with Gasteiger partial charge < -0.3 is 15.0 Å². The number of hydrogen-bond donors (Lipinski definition) is 2. The number of aromatic amines is 1. The highest BCUT2D eigenvalue weighted by atomic mass is 16.5. The van der Waals surface area contributed by atoms with E-state index in [9.17, 15) is 4.79 Å². The molecule has 4 rings (SSSR count). The van der Waals surface area contributed by atoms with E-state index in [1.54, 1.807) is 0 Å². The number of H-pyrrole nitrogens is 1. The van der Waals surface area contributed by atoms with E-state index in [0.717, 1.165) is 60.4 Å². The maximum absolute atomic E-state index is 13.0. The Kier molecular flexibility index (Phi) is 8.03. The zero-order valence-corrected chi connectivity index (χ0v) is 20.1. The molecule has 0 bridgehead atoms. The van der Waals surface area contributed by atoms with Gasteiger partial charge in [0.25, 0.3) is 0 Å². The fourth-order valence-corrected chi connectivity index (χ4v) is 4.51. The van der Waals surface area contributed by atoms with Gasteiger partial charge in [0.15, 0.2) is 0 Å². The molecule has 0 aliphatic heterocycles. The lowest BCUT2D eigenvalue weighted by Gasteiger charge is -2.18. The quantitative estimate of drug-likeness (QED) is 0.233. The Bertz CT molecular complexity index is 1210. The molecule has 2 N–H and O–H groups in total. The van der Waals surface area contributed by atoms with Gasteiger partial charge in [-0.3, -0.25) is 4.79 Å². The number of para-hydroxylation sites is 2. The van der Waals surface area contributed by atoms with Crippen LogP contribution in [0.2, 0.25) is 0 Å². The highest BCUT2D eigenvalue weighted by Gasteiger charge is 2.22. The first kappa shape index (κ1) is 23.6. The lowest BCUT2D eigenvalue weighted by atomic mass is 9.87. The SMILES string of the molecule is CCCCCNC(=O)CC(c1cccc(Oc2ccccc2)c1)c1c[nH]c2c(CC)cccc12. The topological polar surface area (TPSA) is 54.1 Å². The third-order valence-electron chi connectivity index (χ3n) is 6.32. The molecule has 0 radical (unpaired) electrons. The lowest BCUT2D eigenvalue weighted by molar-refractivity contribution is -0.121. The van der Waals surface area contributed by atoms with E-state index in [2.05, 4.69) is 60.7 Å². The van der Waals surface area contributed by atoms with E-state index in [1.165, 1.54) is 10.9 Å². The van der Waals surface area contributed by atoms with E-state index in [0.29, 0.717) is 6.42 Å². The van der Waals surface area contributed by atoms with Gasteiger partial charge in [0.05, 0.1) is 0 Å². The van der Waals surface area contributed by atoms with Gasteiger partial charge in [-0.15, -0.1) is 0 Å². The van der Waals surface area contributed by atoms with Crippen molar-refractivity contribution in [3.8, 4) is 11.5 Å². The summed E-state index contributed by atoms with van der Waals surface area (Å²) in [5.41, 5.74) is 4.66. The van der Waals surface area contributed by atoms with Gasteiger partial charge in [0.1, 0.15) is 11.5 Å². The van der Waals surface area contributed by atoms with Crippen molar-refractivity contribution < 1.29 is 9.53 Å². The van der Waals surface area contributed by atoms with Gasteiger partial charge in [-0.2, -0.15) is 0 Å². The van der Waals surface area contributed by atoms with Crippen molar-refractivity contribution in [2.24, 2.45) is 0 Å². The maximum atomic E-state index is 13.0. The Morgan fingerprint density at radius 1 is 0.941 bits per heavy atom. The summed E-state index contributed by atoms with van der Waals surface area (Å²) in [6.07, 6.45) is 6.71. The van der Waals surface area contributed by atoms with Gasteiger partial charge in [-0.1, -0.05) is 75.2 Å². The van der Waals surface area contributed by atoms with Crippen LogP contribution in [0.3, 0.4) is 0 Å². The van der Waals surface area contributed by atoms with Gasteiger partial charge >= 0.3 is 0 Å². The number of nitrogens with one attached hydrogen (secondary N) is 2. The molecule has 4 aromatic rings. The molecule has 34 heavy (non-hydrogen) atoms. The minimum Gasteiger partial charge on any atom is -0.457 e. The number of aromatic nitrogens is 1. The standard InChI is InChI=1S/C30H34N2O2/c1-3-5-9-18-31-29(33)20-27(28-21-32-30-22(4-2)12-11-17-26(28)30)23-13-10-16-25(19-23)34-24-14-7-6-8-15-24/h6-8,10-17,19,21,27,32H,3-5,9,18,20H2,1-2H3,(H,31,33). The molecule has 176 valence electrons. The van der Waals surface area contributed by atoms with E-state index in [-0.39, 0.29) is 11.8 Å². The molecule has 0 fully saturated rings. The Morgan fingerprint density at radius 3 is 2.53 bits per heavy atom. The molecular weight excluding hydrogens is 420 g/mol. The molecule has 0 aliphatic carbocycles. The van der Waals surface area contributed by atoms with Crippen LogP contribution in [0.1, 0.15) is 62.1 Å². The zero-order chi connectivity index (χ0) is 23.8. The molecule has 3 aromatic carbocycles. The zero-order valence-electron chi connectivity index (χ0n) is 20.1. The first-order valence-corrected chi connectivity index (χ1v) is 12.4. The highest BCUT2D eigenvalue weighted by Crippen LogP contribution is 2.36. The van der Waals surface area contributed by atoms with E-state index in [1.807, 2.05) is 42.5 Å². The second-order valence-corrected chi connectivity index (χ2v) is 8.74. The monoisotopic (exact) mass is 454 g/mol. The van der Waals surface area contributed by atoms with Crippen molar-refractivity contribution in [1.82, 2.24) is 10.3 Å². The number of aryl methyl sites for hydroxylation is 1. The predicted molar refractivity (Wildman–Crippen MR) is 140 cm³/mol. The third kappa shape index (κ3) is 5.69. The highest BCUT2D eigenvalue weighted by molar-refractivity contribution is 5.88. The minimum absolute atomic E-state index is 0.0774. The summed E-state index contributed by atoms with van der Waals surface area (Å²) >= 11 is 0.